The Labute approximate surface area is 202 Å². The first-order chi connectivity index (χ1) is 16.0. The van der Waals surface area contributed by atoms with Crippen molar-refractivity contribution in [1.82, 2.24) is 0 Å². The maximum atomic E-state index is 13.5. The van der Waals surface area contributed by atoms with E-state index in [0.717, 1.165) is 11.1 Å². The van der Waals surface area contributed by atoms with Crippen LogP contribution in [0.15, 0.2) is 60.7 Å². The van der Waals surface area contributed by atoms with Gasteiger partial charge in [0.25, 0.3) is 0 Å². The Bertz CT molecular complexity index is 1100. The Morgan fingerprint density at radius 3 is 1.88 bits per heavy atom. The van der Waals surface area contributed by atoms with E-state index in [1.54, 1.807) is 53.7 Å². The third-order valence-corrected chi connectivity index (χ3v) is 6.38. The minimum Gasteiger partial charge on any atom is -0.493 e. The van der Waals surface area contributed by atoms with Gasteiger partial charge in [-0.1, -0.05) is 58.4 Å². The van der Waals surface area contributed by atoms with E-state index in [1.165, 1.54) is 0 Å². The van der Waals surface area contributed by atoms with Crippen LogP contribution in [0.4, 0.5) is 0 Å². The van der Waals surface area contributed by atoms with E-state index in [-0.39, 0.29) is 5.78 Å². The maximum absolute atomic E-state index is 13.5. The van der Waals surface area contributed by atoms with Crippen molar-refractivity contribution in [2.75, 3.05) is 35.5 Å². The fourth-order valence-corrected chi connectivity index (χ4v) is 4.69. The largest absolute Gasteiger partial charge is 0.493 e. The van der Waals surface area contributed by atoms with Gasteiger partial charge in [0.05, 0.1) is 40.4 Å². The summed E-state index contributed by atoms with van der Waals surface area (Å²) < 4.78 is 27.7. The van der Waals surface area contributed by atoms with Crippen LogP contribution in [-0.2, 0) is 0 Å². The molecule has 3 rings (SSSR count). The van der Waals surface area contributed by atoms with Gasteiger partial charge in [0.2, 0.25) is 5.75 Å². The Morgan fingerprint density at radius 1 is 0.697 bits per heavy atom. The summed E-state index contributed by atoms with van der Waals surface area (Å²) in [7, 11) is 7.84. The lowest BCUT2D eigenvalue weighted by molar-refractivity contribution is 0.0986. The molecular weight excluding hydrogens is 488 g/mol. The van der Waals surface area contributed by atoms with Gasteiger partial charge in [0.1, 0.15) is 0 Å². The van der Waals surface area contributed by atoms with Gasteiger partial charge in [-0.05, 0) is 23.8 Å². The number of hydrogen-bond donors (Lipinski definition) is 0. The smallest absolute Gasteiger partial charge is 0.203 e. The van der Waals surface area contributed by atoms with E-state index in [2.05, 4.69) is 15.9 Å². The predicted octanol–water partition coefficient (Wildman–Crippen LogP) is 5.51. The SMILES string of the molecule is COc1ccc([C@H](c2ccc(OC)c(OC)c2OC)[C@H](Br)C(=O)c2ccccc2)cc1OC. The monoisotopic (exact) mass is 514 g/mol. The highest BCUT2D eigenvalue weighted by Gasteiger charge is 2.34. The third-order valence-electron chi connectivity index (χ3n) is 5.44. The van der Waals surface area contributed by atoms with Crippen molar-refractivity contribution in [3.63, 3.8) is 0 Å². The first-order valence-corrected chi connectivity index (χ1v) is 11.2. The normalized spacial score (nSPS) is 12.4. The summed E-state index contributed by atoms with van der Waals surface area (Å²) in [4.78, 5) is 12.9. The average Bonchev–Trinajstić information content (AvgIpc) is 2.87. The van der Waals surface area contributed by atoms with Gasteiger partial charge in [0, 0.05) is 17.0 Å². The van der Waals surface area contributed by atoms with Crippen LogP contribution in [0.5, 0.6) is 28.7 Å². The highest BCUT2D eigenvalue weighted by atomic mass is 79.9. The average molecular weight is 515 g/mol. The quantitative estimate of drug-likeness (QED) is 0.262. The van der Waals surface area contributed by atoms with Gasteiger partial charge in [-0.3, -0.25) is 4.79 Å². The Balaban J connectivity index is 2.23. The van der Waals surface area contributed by atoms with Crippen molar-refractivity contribution in [3.05, 3.63) is 77.4 Å². The molecule has 33 heavy (non-hydrogen) atoms. The molecule has 0 saturated heterocycles. The van der Waals surface area contributed by atoms with Crippen LogP contribution in [0.25, 0.3) is 0 Å². The van der Waals surface area contributed by atoms with E-state index in [0.29, 0.717) is 34.3 Å². The maximum Gasteiger partial charge on any atom is 0.203 e. The summed E-state index contributed by atoms with van der Waals surface area (Å²) in [5, 5.41) is 0. The standard InChI is InChI=1S/C26H27BrO6/c1-29-19-13-11-17(15-21(19)31-3)22(23(27)24(28)16-9-7-6-8-10-16)18-12-14-20(30-2)26(33-5)25(18)32-4/h6-15,22-23H,1-5H3/t22-,23+/m1/s1. The molecule has 0 heterocycles. The minimum absolute atomic E-state index is 0.0628. The van der Waals surface area contributed by atoms with Crippen LogP contribution < -0.4 is 23.7 Å². The van der Waals surface area contributed by atoms with Crippen molar-refractivity contribution >= 4 is 21.7 Å². The van der Waals surface area contributed by atoms with Crippen LogP contribution in [0.2, 0.25) is 0 Å². The number of hydrogen-bond acceptors (Lipinski definition) is 6. The van der Waals surface area contributed by atoms with Gasteiger partial charge in [0.15, 0.2) is 28.8 Å². The number of carbonyl (C=O) groups excluding carboxylic acids is 1. The first-order valence-electron chi connectivity index (χ1n) is 10.2. The molecule has 0 unspecified atom stereocenters. The molecule has 0 radical (unpaired) electrons. The second kappa shape index (κ2) is 11.1. The van der Waals surface area contributed by atoms with E-state index < -0.39 is 10.7 Å². The molecule has 2 atom stereocenters. The van der Waals surface area contributed by atoms with E-state index >= 15 is 0 Å². The number of ketones is 1. The molecule has 3 aromatic rings. The number of methoxy groups -OCH3 is 5. The number of carbonyl (C=O) groups is 1. The van der Waals surface area contributed by atoms with Crippen LogP contribution >= 0.6 is 15.9 Å². The summed E-state index contributed by atoms with van der Waals surface area (Å²) >= 11 is 3.70. The molecule has 7 heteroatoms. The number of ether oxygens (including phenoxy) is 5. The topological polar surface area (TPSA) is 63.2 Å². The summed E-state index contributed by atoms with van der Waals surface area (Å²) in [6.45, 7) is 0. The number of rotatable bonds is 10. The van der Waals surface area contributed by atoms with Crippen molar-refractivity contribution in [3.8, 4) is 28.7 Å². The summed E-state index contributed by atoms with van der Waals surface area (Å²) in [6, 6.07) is 18.4. The second-order valence-electron chi connectivity index (χ2n) is 7.15. The zero-order chi connectivity index (χ0) is 24.0. The predicted molar refractivity (Wildman–Crippen MR) is 131 cm³/mol. The van der Waals surface area contributed by atoms with Gasteiger partial charge < -0.3 is 23.7 Å². The minimum atomic E-state index is -0.606. The van der Waals surface area contributed by atoms with E-state index in [1.807, 2.05) is 42.5 Å². The molecule has 0 fully saturated rings. The highest BCUT2D eigenvalue weighted by Crippen LogP contribution is 2.47. The lowest BCUT2D eigenvalue weighted by atomic mass is 9.84. The molecule has 0 spiro atoms. The van der Waals surface area contributed by atoms with Gasteiger partial charge >= 0.3 is 0 Å². The molecule has 0 amide bonds. The fraction of sp³-hybridized carbons (Fsp3) is 0.269. The molecule has 0 aromatic heterocycles. The second-order valence-corrected chi connectivity index (χ2v) is 8.13. The molecule has 0 bridgehead atoms. The highest BCUT2D eigenvalue weighted by molar-refractivity contribution is 9.10. The molecule has 0 aliphatic carbocycles. The van der Waals surface area contributed by atoms with Gasteiger partial charge in [-0.15, -0.1) is 0 Å². The summed E-state index contributed by atoms with van der Waals surface area (Å²) in [6.07, 6.45) is 0. The van der Waals surface area contributed by atoms with Gasteiger partial charge in [-0.2, -0.15) is 0 Å². The number of Topliss-reactive ketones (excluding diaryl/α,β-unsaturated/α-hetero) is 1. The molecule has 0 aliphatic heterocycles. The fourth-order valence-electron chi connectivity index (χ4n) is 3.83. The zero-order valence-electron chi connectivity index (χ0n) is 19.3. The van der Waals surface area contributed by atoms with Crippen molar-refractivity contribution in [2.45, 2.75) is 10.7 Å². The van der Waals surface area contributed by atoms with Crippen LogP contribution in [-0.4, -0.2) is 46.2 Å². The summed E-state index contributed by atoms with van der Waals surface area (Å²) in [5.41, 5.74) is 2.20. The van der Waals surface area contributed by atoms with Crippen molar-refractivity contribution in [1.29, 1.82) is 0 Å². The van der Waals surface area contributed by atoms with Crippen LogP contribution in [0, 0.1) is 0 Å². The van der Waals surface area contributed by atoms with E-state index in [4.69, 9.17) is 23.7 Å². The lowest BCUT2D eigenvalue weighted by Gasteiger charge is -2.27. The zero-order valence-corrected chi connectivity index (χ0v) is 20.8. The Hall–Kier alpha value is -3.19. The number of halogens is 1. The van der Waals surface area contributed by atoms with Gasteiger partial charge in [-0.25, -0.2) is 0 Å². The lowest BCUT2D eigenvalue weighted by Crippen LogP contribution is -2.24. The Kier molecular flexibility index (Phi) is 8.22. The molecule has 3 aromatic carbocycles. The number of benzene rings is 3. The van der Waals surface area contributed by atoms with Crippen LogP contribution in [0.3, 0.4) is 0 Å². The van der Waals surface area contributed by atoms with Crippen molar-refractivity contribution in [2.24, 2.45) is 0 Å². The summed E-state index contributed by atoms with van der Waals surface area (Å²) in [5.74, 6) is 2.13. The van der Waals surface area contributed by atoms with Crippen LogP contribution in [0.1, 0.15) is 27.4 Å². The molecule has 0 saturated carbocycles. The molecule has 6 nitrogen and oxygen atoms in total. The molecule has 174 valence electrons. The molecular formula is C26H27BrO6. The molecule has 0 aliphatic rings. The van der Waals surface area contributed by atoms with E-state index in [9.17, 15) is 4.79 Å². The third kappa shape index (κ3) is 4.93. The number of alkyl halides is 1. The Morgan fingerprint density at radius 2 is 1.30 bits per heavy atom. The first kappa shape index (κ1) is 24.5. The molecule has 0 N–H and O–H groups in total. The van der Waals surface area contributed by atoms with Crippen molar-refractivity contribution < 1.29 is 28.5 Å².